The van der Waals surface area contributed by atoms with E-state index in [9.17, 15) is 27.9 Å². The normalized spacial score (nSPS) is 11.1. The van der Waals surface area contributed by atoms with Crippen molar-refractivity contribution < 1.29 is 37.7 Å². The van der Waals surface area contributed by atoms with E-state index in [1.807, 2.05) is 0 Å². The van der Waals surface area contributed by atoms with Crippen LogP contribution < -0.4 is 4.74 Å². The summed E-state index contributed by atoms with van der Waals surface area (Å²) in [7, 11) is 0.860. The number of carbonyl (C=O) groups is 2. The van der Waals surface area contributed by atoms with Gasteiger partial charge in [0, 0.05) is 0 Å². The topological polar surface area (TPSA) is 83.8 Å². The van der Waals surface area contributed by atoms with Crippen LogP contribution in [0.4, 0.5) is 13.2 Å². The minimum Gasteiger partial charge on any atom is -0.504 e. The first-order valence-electron chi connectivity index (χ1n) is 4.45. The molecular weight excluding hydrogens is 257 g/mol. The number of carbonyl (C=O) groups excluding carboxylic acids is 1. The first-order valence-corrected chi connectivity index (χ1v) is 4.45. The summed E-state index contributed by atoms with van der Waals surface area (Å²) in [5, 5.41) is 17.9. The summed E-state index contributed by atoms with van der Waals surface area (Å²) < 4.78 is 41.9. The van der Waals surface area contributed by atoms with E-state index in [1.54, 1.807) is 0 Å². The molecule has 2 N–H and O–H groups in total. The summed E-state index contributed by atoms with van der Waals surface area (Å²) in [6.07, 6.45) is -4.80. The number of phenolic OH excluding ortho intramolecular Hbond substituents is 1. The zero-order valence-electron chi connectivity index (χ0n) is 8.91. The van der Waals surface area contributed by atoms with Crippen molar-refractivity contribution in [2.75, 3.05) is 7.11 Å². The molecule has 0 heterocycles. The van der Waals surface area contributed by atoms with Crippen LogP contribution in [0.2, 0.25) is 0 Å². The van der Waals surface area contributed by atoms with Crippen LogP contribution in [0, 0.1) is 0 Å². The number of aromatic hydroxyl groups is 1. The van der Waals surface area contributed by atoms with Gasteiger partial charge in [-0.3, -0.25) is 4.79 Å². The number of halogens is 3. The first-order chi connectivity index (χ1) is 8.20. The Hall–Kier alpha value is -2.25. The summed E-state index contributed by atoms with van der Waals surface area (Å²) in [5.41, 5.74) is -2.07. The summed E-state index contributed by atoms with van der Waals surface area (Å²) in [4.78, 5) is 21.5. The summed E-state index contributed by atoms with van der Waals surface area (Å²) in [5.74, 6) is -5.57. The number of rotatable bonds is 3. The van der Waals surface area contributed by atoms with Gasteiger partial charge in [0.1, 0.15) is 5.56 Å². The number of aliphatic carboxylic acids is 1. The second kappa shape index (κ2) is 4.55. The molecule has 0 saturated carbocycles. The van der Waals surface area contributed by atoms with Crippen molar-refractivity contribution >= 4 is 11.8 Å². The Kier molecular flexibility index (Phi) is 3.49. The molecule has 0 aliphatic heterocycles. The second-order valence-corrected chi connectivity index (χ2v) is 3.17. The number of carboxylic acids is 1. The highest BCUT2D eigenvalue weighted by molar-refractivity contribution is 6.40. The third-order valence-corrected chi connectivity index (χ3v) is 2.08. The van der Waals surface area contributed by atoms with E-state index in [1.165, 1.54) is 0 Å². The van der Waals surface area contributed by atoms with Crippen LogP contribution in [0.25, 0.3) is 0 Å². The van der Waals surface area contributed by atoms with E-state index in [0.29, 0.717) is 12.1 Å². The minimum atomic E-state index is -4.80. The van der Waals surface area contributed by atoms with Gasteiger partial charge in [-0.25, -0.2) is 4.79 Å². The van der Waals surface area contributed by atoms with E-state index in [-0.39, 0.29) is 0 Å². The zero-order chi connectivity index (χ0) is 14.1. The van der Waals surface area contributed by atoms with Gasteiger partial charge in [-0.1, -0.05) is 0 Å². The average molecular weight is 264 g/mol. The molecule has 8 heteroatoms. The van der Waals surface area contributed by atoms with Crippen LogP contribution in [0.3, 0.4) is 0 Å². The van der Waals surface area contributed by atoms with Gasteiger partial charge in [0.05, 0.1) is 12.7 Å². The Morgan fingerprint density at radius 1 is 1.28 bits per heavy atom. The SMILES string of the molecule is COc1c(C(F)(F)F)ccc(C(=O)C(=O)O)c1O. The quantitative estimate of drug-likeness (QED) is 0.641. The van der Waals surface area contributed by atoms with Crippen LogP contribution in [0.15, 0.2) is 12.1 Å². The highest BCUT2D eigenvalue weighted by Crippen LogP contribution is 2.42. The van der Waals surface area contributed by atoms with E-state index >= 15 is 0 Å². The molecule has 0 atom stereocenters. The Bertz CT molecular complexity index is 507. The molecule has 0 bridgehead atoms. The van der Waals surface area contributed by atoms with E-state index in [4.69, 9.17) is 5.11 Å². The molecule has 0 spiro atoms. The predicted octanol–water partition coefficient (Wildman–Crippen LogP) is 1.69. The van der Waals surface area contributed by atoms with Gasteiger partial charge in [-0.15, -0.1) is 0 Å². The molecule has 98 valence electrons. The lowest BCUT2D eigenvalue weighted by Crippen LogP contribution is -2.15. The third-order valence-electron chi connectivity index (χ3n) is 2.08. The molecule has 1 aromatic carbocycles. The van der Waals surface area contributed by atoms with Gasteiger partial charge in [0.15, 0.2) is 11.5 Å². The van der Waals surface area contributed by atoms with Crippen LogP contribution in [0.1, 0.15) is 15.9 Å². The van der Waals surface area contributed by atoms with Crippen molar-refractivity contribution in [3.63, 3.8) is 0 Å². The number of benzene rings is 1. The first kappa shape index (κ1) is 13.8. The molecule has 0 aromatic heterocycles. The number of hydrogen-bond donors (Lipinski definition) is 2. The molecule has 0 aliphatic carbocycles. The third kappa shape index (κ3) is 2.36. The predicted molar refractivity (Wildman–Crippen MR) is 51.6 cm³/mol. The van der Waals surface area contributed by atoms with Crippen LogP contribution >= 0.6 is 0 Å². The van der Waals surface area contributed by atoms with E-state index in [0.717, 1.165) is 7.11 Å². The van der Waals surface area contributed by atoms with Gasteiger partial charge in [-0.05, 0) is 12.1 Å². The summed E-state index contributed by atoms with van der Waals surface area (Å²) in [6, 6.07) is 1.05. The molecule has 1 rings (SSSR count). The largest absolute Gasteiger partial charge is 0.504 e. The van der Waals surface area contributed by atoms with Crippen LogP contribution in [-0.2, 0) is 11.0 Å². The smallest absolute Gasteiger partial charge is 0.420 e. The lowest BCUT2D eigenvalue weighted by Gasteiger charge is -2.14. The molecule has 1 aromatic rings. The molecule has 0 saturated heterocycles. The number of alkyl halides is 3. The second-order valence-electron chi connectivity index (χ2n) is 3.17. The molecule has 0 unspecified atom stereocenters. The van der Waals surface area contributed by atoms with Gasteiger partial charge < -0.3 is 14.9 Å². The highest BCUT2D eigenvalue weighted by atomic mass is 19.4. The zero-order valence-corrected chi connectivity index (χ0v) is 8.91. The number of Topliss-reactive ketones (excluding diaryl/α,β-unsaturated/α-hetero) is 1. The Labute approximate surface area is 98.4 Å². The number of ketones is 1. The average Bonchev–Trinajstić information content (AvgIpc) is 2.26. The molecular formula is C10H7F3O5. The Balaban J connectivity index is 3.47. The monoisotopic (exact) mass is 264 g/mol. The molecule has 0 fully saturated rings. The lowest BCUT2D eigenvalue weighted by atomic mass is 10.0. The molecule has 0 radical (unpaired) electrons. The highest BCUT2D eigenvalue weighted by Gasteiger charge is 2.37. The Morgan fingerprint density at radius 2 is 1.83 bits per heavy atom. The molecule has 5 nitrogen and oxygen atoms in total. The number of hydrogen-bond acceptors (Lipinski definition) is 4. The van der Waals surface area contributed by atoms with Crippen molar-refractivity contribution in [3.05, 3.63) is 23.3 Å². The van der Waals surface area contributed by atoms with Crippen molar-refractivity contribution in [1.29, 1.82) is 0 Å². The number of phenols is 1. The standard InChI is InChI=1S/C10H7F3O5/c1-18-8-5(10(11,12)13)3-2-4(6(8)14)7(15)9(16)17/h2-3,14H,1H3,(H,16,17). The fourth-order valence-electron chi connectivity index (χ4n) is 1.30. The fourth-order valence-corrected chi connectivity index (χ4v) is 1.30. The van der Waals surface area contributed by atoms with Gasteiger partial charge in [0.25, 0.3) is 5.78 Å². The fraction of sp³-hybridized carbons (Fsp3) is 0.200. The molecule has 18 heavy (non-hydrogen) atoms. The van der Waals surface area contributed by atoms with Crippen molar-refractivity contribution in [2.24, 2.45) is 0 Å². The molecule has 0 aliphatic rings. The number of carboxylic acid groups (broad SMARTS) is 1. The lowest BCUT2D eigenvalue weighted by molar-refractivity contribution is -0.138. The maximum absolute atomic E-state index is 12.5. The van der Waals surface area contributed by atoms with E-state index in [2.05, 4.69) is 4.74 Å². The van der Waals surface area contributed by atoms with Crippen molar-refractivity contribution in [2.45, 2.75) is 6.18 Å². The Morgan fingerprint density at radius 3 is 2.22 bits per heavy atom. The number of ether oxygens (including phenoxy) is 1. The van der Waals surface area contributed by atoms with Crippen molar-refractivity contribution in [3.8, 4) is 11.5 Å². The summed E-state index contributed by atoms with van der Waals surface area (Å²) in [6.45, 7) is 0. The number of methoxy groups -OCH3 is 1. The maximum Gasteiger partial charge on any atom is 0.420 e. The van der Waals surface area contributed by atoms with E-state index < -0.39 is 40.6 Å². The van der Waals surface area contributed by atoms with Gasteiger partial charge >= 0.3 is 12.1 Å². The molecule has 0 amide bonds. The minimum absolute atomic E-state index is 0.467. The summed E-state index contributed by atoms with van der Waals surface area (Å²) >= 11 is 0. The maximum atomic E-state index is 12.5. The van der Waals surface area contributed by atoms with Crippen LogP contribution in [0.5, 0.6) is 11.5 Å². The van der Waals surface area contributed by atoms with Gasteiger partial charge in [0.2, 0.25) is 0 Å². The van der Waals surface area contributed by atoms with Crippen LogP contribution in [-0.4, -0.2) is 29.1 Å². The van der Waals surface area contributed by atoms with Crippen molar-refractivity contribution in [1.82, 2.24) is 0 Å². The van der Waals surface area contributed by atoms with Gasteiger partial charge in [-0.2, -0.15) is 13.2 Å².